The highest BCUT2D eigenvalue weighted by Crippen LogP contribution is 2.38. The number of allylic oxidation sites excluding steroid dienone is 1. The zero-order chi connectivity index (χ0) is 25.9. The third kappa shape index (κ3) is 5.09. The predicted octanol–water partition coefficient (Wildman–Crippen LogP) is 6.28. The Balaban J connectivity index is 1.58. The smallest absolute Gasteiger partial charge is 0.322 e. The SMILES string of the molecule is CCOc1ccc(C2NC(=O)N(Cc3cccc(C)c3)C(C)=C2c2nc(-c3cccc(F)c3)no2)cc1. The molecule has 37 heavy (non-hydrogen) atoms. The molecular weight excluding hydrogens is 471 g/mol. The molecule has 1 aliphatic rings. The van der Waals surface area contributed by atoms with Crippen LogP contribution in [0.4, 0.5) is 9.18 Å². The number of aromatic nitrogens is 2. The lowest BCUT2D eigenvalue weighted by Crippen LogP contribution is -2.45. The summed E-state index contributed by atoms with van der Waals surface area (Å²) in [4.78, 5) is 19.6. The first-order valence-corrected chi connectivity index (χ1v) is 12.1. The van der Waals surface area contributed by atoms with Crippen molar-refractivity contribution in [1.82, 2.24) is 20.4 Å². The summed E-state index contributed by atoms with van der Waals surface area (Å²) in [6.45, 7) is 6.75. The van der Waals surface area contributed by atoms with E-state index >= 15 is 0 Å². The number of aryl methyl sites for hydroxylation is 1. The van der Waals surface area contributed by atoms with E-state index in [0.717, 1.165) is 22.4 Å². The van der Waals surface area contributed by atoms with Gasteiger partial charge in [0.25, 0.3) is 5.89 Å². The number of amides is 2. The summed E-state index contributed by atoms with van der Waals surface area (Å²) < 4.78 is 25.1. The number of hydrogen-bond donors (Lipinski definition) is 1. The van der Waals surface area contributed by atoms with Crippen molar-refractivity contribution in [3.05, 3.63) is 107 Å². The van der Waals surface area contributed by atoms with Gasteiger partial charge in [0, 0.05) is 11.3 Å². The van der Waals surface area contributed by atoms with Crippen LogP contribution >= 0.6 is 0 Å². The number of urea groups is 1. The van der Waals surface area contributed by atoms with Crippen molar-refractivity contribution in [2.24, 2.45) is 0 Å². The van der Waals surface area contributed by atoms with Gasteiger partial charge in [-0.2, -0.15) is 4.98 Å². The number of ether oxygens (including phenoxy) is 1. The van der Waals surface area contributed by atoms with Gasteiger partial charge in [0.1, 0.15) is 11.6 Å². The number of carbonyl (C=O) groups is 1. The molecule has 1 aliphatic heterocycles. The molecule has 5 rings (SSSR count). The Labute approximate surface area is 214 Å². The summed E-state index contributed by atoms with van der Waals surface area (Å²) in [6.07, 6.45) is 0. The zero-order valence-corrected chi connectivity index (χ0v) is 20.9. The molecule has 8 heteroatoms. The number of benzene rings is 3. The van der Waals surface area contributed by atoms with Gasteiger partial charge in [0.2, 0.25) is 5.82 Å². The van der Waals surface area contributed by atoms with Crippen LogP contribution in [0.5, 0.6) is 5.75 Å². The van der Waals surface area contributed by atoms with E-state index in [4.69, 9.17) is 9.26 Å². The molecule has 0 bridgehead atoms. The van der Waals surface area contributed by atoms with E-state index in [-0.39, 0.29) is 23.6 Å². The van der Waals surface area contributed by atoms with Crippen LogP contribution in [0.2, 0.25) is 0 Å². The third-order valence-corrected chi connectivity index (χ3v) is 6.28. The van der Waals surface area contributed by atoms with E-state index < -0.39 is 6.04 Å². The number of halogens is 1. The van der Waals surface area contributed by atoms with Crippen LogP contribution < -0.4 is 10.1 Å². The highest BCUT2D eigenvalue weighted by atomic mass is 19.1. The number of carbonyl (C=O) groups excluding carboxylic acids is 1. The number of rotatable bonds is 7. The van der Waals surface area contributed by atoms with E-state index in [1.165, 1.54) is 12.1 Å². The van der Waals surface area contributed by atoms with Gasteiger partial charge in [-0.3, -0.25) is 4.90 Å². The van der Waals surface area contributed by atoms with Crippen molar-refractivity contribution in [3.63, 3.8) is 0 Å². The molecule has 4 aromatic rings. The summed E-state index contributed by atoms with van der Waals surface area (Å²) in [5, 5.41) is 7.21. The molecule has 2 heterocycles. The lowest BCUT2D eigenvalue weighted by molar-refractivity contribution is 0.203. The largest absolute Gasteiger partial charge is 0.494 e. The number of hydrogen-bond acceptors (Lipinski definition) is 5. The van der Waals surface area contributed by atoms with Crippen LogP contribution in [-0.4, -0.2) is 27.7 Å². The Hall–Kier alpha value is -4.46. The second-order valence-corrected chi connectivity index (χ2v) is 8.89. The predicted molar refractivity (Wildman–Crippen MR) is 138 cm³/mol. The summed E-state index contributed by atoms with van der Waals surface area (Å²) in [7, 11) is 0. The molecule has 0 spiro atoms. The Morgan fingerprint density at radius 1 is 1.05 bits per heavy atom. The molecule has 1 atom stereocenters. The molecule has 0 saturated carbocycles. The van der Waals surface area contributed by atoms with Crippen molar-refractivity contribution in [2.75, 3.05) is 6.61 Å². The van der Waals surface area contributed by atoms with Crippen LogP contribution in [0.25, 0.3) is 17.0 Å². The van der Waals surface area contributed by atoms with E-state index in [1.807, 2.05) is 69.3 Å². The van der Waals surface area contributed by atoms with Crippen molar-refractivity contribution in [1.29, 1.82) is 0 Å². The van der Waals surface area contributed by atoms with Crippen molar-refractivity contribution in [2.45, 2.75) is 33.4 Å². The molecule has 1 unspecified atom stereocenters. The fraction of sp³-hybridized carbons (Fsp3) is 0.207. The molecule has 188 valence electrons. The Bertz CT molecular complexity index is 1460. The van der Waals surface area contributed by atoms with Crippen LogP contribution in [0.3, 0.4) is 0 Å². The average Bonchev–Trinajstić information content (AvgIpc) is 3.37. The van der Waals surface area contributed by atoms with Gasteiger partial charge < -0.3 is 14.6 Å². The summed E-state index contributed by atoms with van der Waals surface area (Å²) in [5.74, 6) is 0.871. The van der Waals surface area contributed by atoms with E-state index in [1.54, 1.807) is 17.0 Å². The van der Waals surface area contributed by atoms with Gasteiger partial charge in [0.15, 0.2) is 0 Å². The number of nitrogens with zero attached hydrogens (tertiary/aromatic N) is 3. The van der Waals surface area contributed by atoms with Gasteiger partial charge >= 0.3 is 6.03 Å². The molecule has 3 aromatic carbocycles. The first kappa shape index (κ1) is 24.2. The highest BCUT2D eigenvalue weighted by molar-refractivity contribution is 5.87. The summed E-state index contributed by atoms with van der Waals surface area (Å²) in [6, 6.07) is 20.8. The number of nitrogens with one attached hydrogen (secondary N) is 1. The fourth-order valence-electron chi connectivity index (χ4n) is 4.49. The van der Waals surface area contributed by atoms with Crippen LogP contribution in [0.1, 0.15) is 42.5 Å². The summed E-state index contributed by atoms with van der Waals surface area (Å²) in [5.41, 5.74) is 4.82. The van der Waals surface area contributed by atoms with E-state index in [2.05, 4.69) is 15.5 Å². The standard InChI is InChI=1S/C29H27FN4O3/c1-4-36-24-13-11-21(12-14-24)26-25(28-32-27(33-37-28)22-9-6-10-23(30)16-22)19(3)34(29(35)31-26)17-20-8-5-7-18(2)15-20/h5-16,26H,4,17H2,1-3H3,(H,31,35). The van der Waals surface area contributed by atoms with E-state index in [0.29, 0.717) is 30.0 Å². The lowest BCUT2D eigenvalue weighted by Gasteiger charge is -2.35. The monoisotopic (exact) mass is 498 g/mol. The lowest BCUT2D eigenvalue weighted by atomic mass is 9.94. The van der Waals surface area contributed by atoms with Gasteiger partial charge in [-0.25, -0.2) is 9.18 Å². The molecule has 1 aromatic heterocycles. The first-order chi connectivity index (χ1) is 17.9. The molecular formula is C29H27FN4O3. The highest BCUT2D eigenvalue weighted by Gasteiger charge is 2.36. The minimum atomic E-state index is -0.530. The van der Waals surface area contributed by atoms with Crippen molar-refractivity contribution < 1.29 is 18.4 Å². The maximum atomic E-state index is 13.8. The Morgan fingerprint density at radius 2 is 1.84 bits per heavy atom. The topological polar surface area (TPSA) is 80.5 Å². The van der Waals surface area contributed by atoms with Gasteiger partial charge in [-0.05, 0) is 56.2 Å². The van der Waals surface area contributed by atoms with Gasteiger partial charge in [-0.1, -0.05) is 59.3 Å². The van der Waals surface area contributed by atoms with E-state index in [9.17, 15) is 9.18 Å². The maximum Gasteiger partial charge on any atom is 0.322 e. The van der Waals surface area contributed by atoms with Crippen LogP contribution in [-0.2, 0) is 6.54 Å². The van der Waals surface area contributed by atoms with Crippen LogP contribution in [0.15, 0.2) is 83.0 Å². The minimum absolute atomic E-state index is 0.230. The average molecular weight is 499 g/mol. The molecule has 0 saturated heterocycles. The quantitative estimate of drug-likeness (QED) is 0.324. The Kier molecular flexibility index (Phi) is 6.72. The molecule has 0 fully saturated rings. The van der Waals surface area contributed by atoms with Crippen molar-refractivity contribution in [3.8, 4) is 17.1 Å². The van der Waals surface area contributed by atoms with Gasteiger partial charge in [-0.15, -0.1) is 0 Å². The second-order valence-electron chi connectivity index (χ2n) is 8.89. The third-order valence-electron chi connectivity index (χ3n) is 6.28. The normalized spacial score (nSPS) is 15.6. The van der Waals surface area contributed by atoms with Gasteiger partial charge in [0.05, 0.1) is 24.8 Å². The molecule has 0 radical (unpaired) electrons. The second kappa shape index (κ2) is 10.3. The van der Waals surface area contributed by atoms with Crippen molar-refractivity contribution >= 4 is 11.6 Å². The first-order valence-electron chi connectivity index (χ1n) is 12.1. The maximum absolute atomic E-state index is 13.8. The molecule has 2 amide bonds. The molecule has 0 aliphatic carbocycles. The summed E-state index contributed by atoms with van der Waals surface area (Å²) >= 11 is 0. The minimum Gasteiger partial charge on any atom is -0.494 e. The molecule has 1 N–H and O–H groups in total. The fourth-order valence-corrected chi connectivity index (χ4v) is 4.49. The zero-order valence-electron chi connectivity index (χ0n) is 20.9. The molecule has 7 nitrogen and oxygen atoms in total. The Morgan fingerprint density at radius 3 is 2.57 bits per heavy atom. The van der Waals surface area contributed by atoms with Crippen LogP contribution in [0, 0.1) is 12.7 Å².